The van der Waals surface area contributed by atoms with E-state index < -0.39 is 0 Å². The van der Waals surface area contributed by atoms with Crippen LogP contribution in [0.5, 0.6) is 11.5 Å². The van der Waals surface area contributed by atoms with Crippen molar-refractivity contribution in [2.24, 2.45) is 5.73 Å². The summed E-state index contributed by atoms with van der Waals surface area (Å²) in [6, 6.07) is 3.96. The molecular formula is C13H20ClNO2. The van der Waals surface area contributed by atoms with Crippen LogP contribution in [-0.2, 0) is 6.42 Å². The summed E-state index contributed by atoms with van der Waals surface area (Å²) in [5.74, 6) is 2.33. The highest BCUT2D eigenvalue weighted by Crippen LogP contribution is 2.41. The second-order valence-corrected chi connectivity index (χ2v) is 4.19. The third kappa shape index (κ3) is 2.50. The van der Waals surface area contributed by atoms with Crippen LogP contribution in [-0.4, -0.2) is 20.8 Å². The maximum Gasteiger partial charge on any atom is 0.122 e. The van der Waals surface area contributed by atoms with Crippen LogP contribution in [0.15, 0.2) is 12.1 Å². The summed E-state index contributed by atoms with van der Waals surface area (Å²) in [7, 11) is 3.43. The monoisotopic (exact) mass is 257 g/mol. The minimum Gasteiger partial charge on any atom is -0.496 e. The summed E-state index contributed by atoms with van der Waals surface area (Å²) in [5, 5.41) is 0. The molecule has 0 bridgehead atoms. The number of methoxy groups -OCH3 is 2. The lowest BCUT2D eigenvalue weighted by Crippen LogP contribution is -2.19. The zero-order chi connectivity index (χ0) is 11.5. The number of nitrogens with two attached hydrogens (primary N) is 1. The van der Waals surface area contributed by atoms with Crippen LogP contribution in [0.1, 0.15) is 29.9 Å². The molecule has 0 aromatic heterocycles. The number of hydrogen-bond acceptors (Lipinski definition) is 3. The second-order valence-electron chi connectivity index (χ2n) is 4.19. The Hall–Kier alpha value is -0.930. The molecule has 4 heteroatoms. The quantitative estimate of drug-likeness (QED) is 0.905. The number of halogens is 1. The highest BCUT2D eigenvalue weighted by Gasteiger charge is 2.25. The summed E-state index contributed by atoms with van der Waals surface area (Å²) in [4.78, 5) is 0. The topological polar surface area (TPSA) is 44.5 Å². The number of ether oxygens (including phenoxy) is 2. The molecule has 3 nitrogen and oxygen atoms in total. The van der Waals surface area contributed by atoms with Crippen LogP contribution in [0.4, 0.5) is 0 Å². The predicted octanol–water partition coefficient (Wildman–Crippen LogP) is 2.50. The Morgan fingerprint density at radius 3 is 2.47 bits per heavy atom. The van der Waals surface area contributed by atoms with Gasteiger partial charge in [-0.05, 0) is 37.9 Å². The minimum atomic E-state index is 0. The normalized spacial score (nSPS) is 17.9. The van der Waals surface area contributed by atoms with Crippen LogP contribution in [0, 0.1) is 0 Å². The number of rotatable bonds is 3. The van der Waals surface area contributed by atoms with E-state index in [1.165, 1.54) is 17.5 Å². The van der Waals surface area contributed by atoms with Crippen molar-refractivity contribution in [2.75, 3.05) is 20.8 Å². The molecule has 0 saturated heterocycles. The molecule has 1 aliphatic carbocycles. The van der Waals surface area contributed by atoms with Gasteiger partial charge in [0.25, 0.3) is 0 Å². The van der Waals surface area contributed by atoms with E-state index in [9.17, 15) is 0 Å². The highest BCUT2D eigenvalue weighted by molar-refractivity contribution is 5.85. The van der Waals surface area contributed by atoms with Crippen LogP contribution in [0.2, 0.25) is 0 Å². The minimum absolute atomic E-state index is 0. The zero-order valence-corrected chi connectivity index (χ0v) is 11.2. The van der Waals surface area contributed by atoms with Gasteiger partial charge in [-0.25, -0.2) is 0 Å². The van der Waals surface area contributed by atoms with E-state index in [4.69, 9.17) is 15.2 Å². The summed E-state index contributed by atoms with van der Waals surface area (Å²) in [5.41, 5.74) is 8.38. The average Bonchev–Trinajstić information content (AvgIpc) is 2.36. The smallest absolute Gasteiger partial charge is 0.122 e. The van der Waals surface area contributed by atoms with E-state index in [1.54, 1.807) is 14.2 Å². The molecular weight excluding hydrogens is 238 g/mol. The SMILES string of the molecule is COc1ccc(OC)c2c1CCCC2CN.Cl. The van der Waals surface area contributed by atoms with Gasteiger partial charge in [-0.3, -0.25) is 0 Å². The van der Waals surface area contributed by atoms with E-state index in [2.05, 4.69) is 0 Å². The van der Waals surface area contributed by atoms with Gasteiger partial charge >= 0.3 is 0 Å². The molecule has 0 radical (unpaired) electrons. The lowest BCUT2D eigenvalue weighted by Gasteiger charge is -2.27. The average molecular weight is 258 g/mol. The fourth-order valence-corrected chi connectivity index (χ4v) is 2.60. The van der Waals surface area contributed by atoms with Crippen molar-refractivity contribution in [1.29, 1.82) is 0 Å². The third-order valence-corrected chi connectivity index (χ3v) is 3.39. The van der Waals surface area contributed by atoms with E-state index in [0.717, 1.165) is 24.3 Å². The van der Waals surface area contributed by atoms with Crippen molar-refractivity contribution >= 4 is 12.4 Å². The van der Waals surface area contributed by atoms with E-state index in [0.29, 0.717) is 12.5 Å². The van der Waals surface area contributed by atoms with Gasteiger partial charge in [0.2, 0.25) is 0 Å². The number of fused-ring (bicyclic) bond motifs is 1. The van der Waals surface area contributed by atoms with Crippen molar-refractivity contribution in [3.63, 3.8) is 0 Å². The lowest BCUT2D eigenvalue weighted by molar-refractivity contribution is 0.381. The number of benzene rings is 1. The Bertz CT molecular complexity index is 382. The van der Waals surface area contributed by atoms with Gasteiger partial charge in [0, 0.05) is 17.0 Å². The van der Waals surface area contributed by atoms with Crippen LogP contribution in [0.3, 0.4) is 0 Å². The first-order valence-corrected chi connectivity index (χ1v) is 5.75. The van der Waals surface area contributed by atoms with Crippen molar-refractivity contribution in [1.82, 2.24) is 0 Å². The maximum atomic E-state index is 5.84. The van der Waals surface area contributed by atoms with Gasteiger partial charge in [0.1, 0.15) is 11.5 Å². The molecule has 2 rings (SSSR count). The second kappa shape index (κ2) is 6.12. The largest absolute Gasteiger partial charge is 0.496 e. The third-order valence-electron chi connectivity index (χ3n) is 3.39. The Balaban J connectivity index is 0.00000144. The van der Waals surface area contributed by atoms with Gasteiger partial charge in [-0.2, -0.15) is 0 Å². The molecule has 0 aliphatic heterocycles. The van der Waals surface area contributed by atoms with Gasteiger partial charge in [0.05, 0.1) is 14.2 Å². The van der Waals surface area contributed by atoms with Crippen molar-refractivity contribution in [2.45, 2.75) is 25.2 Å². The Morgan fingerprint density at radius 2 is 1.88 bits per heavy atom. The molecule has 1 aromatic carbocycles. The molecule has 0 amide bonds. The molecule has 17 heavy (non-hydrogen) atoms. The lowest BCUT2D eigenvalue weighted by atomic mass is 9.82. The standard InChI is InChI=1S/C13H19NO2.ClH/c1-15-11-6-7-12(16-2)13-9(8-14)4-3-5-10(11)13;/h6-7,9H,3-5,8,14H2,1-2H3;1H. The molecule has 2 N–H and O–H groups in total. The summed E-state index contributed by atoms with van der Waals surface area (Å²) in [6.07, 6.45) is 3.39. The maximum absolute atomic E-state index is 5.84. The first kappa shape index (κ1) is 14.1. The fourth-order valence-electron chi connectivity index (χ4n) is 2.60. The van der Waals surface area contributed by atoms with E-state index in [-0.39, 0.29) is 12.4 Å². The molecule has 0 heterocycles. The summed E-state index contributed by atoms with van der Waals surface area (Å²) < 4.78 is 10.8. The molecule has 0 saturated carbocycles. The van der Waals surface area contributed by atoms with Crippen molar-refractivity contribution in [3.05, 3.63) is 23.3 Å². The summed E-state index contributed by atoms with van der Waals surface area (Å²) in [6.45, 7) is 0.677. The Labute approximate surface area is 109 Å². The first-order valence-electron chi connectivity index (χ1n) is 5.75. The molecule has 0 spiro atoms. The molecule has 1 aromatic rings. The van der Waals surface area contributed by atoms with Gasteiger partial charge in [-0.15, -0.1) is 12.4 Å². The van der Waals surface area contributed by atoms with Crippen LogP contribution >= 0.6 is 12.4 Å². The Morgan fingerprint density at radius 1 is 1.24 bits per heavy atom. The Kier molecular flexibility index (Phi) is 5.09. The molecule has 0 fully saturated rings. The molecule has 1 unspecified atom stereocenters. The van der Waals surface area contributed by atoms with E-state index in [1.807, 2.05) is 12.1 Å². The van der Waals surface area contributed by atoms with Gasteiger partial charge in [-0.1, -0.05) is 0 Å². The fraction of sp³-hybridized carbons (Fsp3) is 0.538. The van der Waals surface area contributed by atoms with E-state index >= 15 is 0 Å². The van der Waals surface area contributed by atoms with Gasteiger partial charge < -0.3 is 15.2 Å². The molecule has 1 aliphatic rings. The zero-order valence-electron chi connectivity index (χ0n) is 10.4. The predicted molar refractivity (Wildman–Crippen MR) is 71.5 cm³/mol. The van der Waals surface area contributed by atoms with Crippen molar-refractivity contribution < 1.29 is 9.47 Å². The van der Waals surface area contributed by atoms with Gasteiger partial charge in [0.15, 0.2) is 0 Å². The number of hydrogen-bond donors (Lipinski definition) is 1. The summed E-state index contributed by atoms with van der Waals surface area (Å²) >= 11 is 0. The van der Waals surface area contributed by atoms with Crippen molar-refractivity contribution in [3.8, 4) is 11.5 Å². The van der Waals surface area contributed by atoms with Crippen LogP contribution in [0.25, 0.3) is 0 Å². The molecule has 96 valence electrons. The first-order chi connectivity index (χ1) is 7.81. The van der Waals surface area contributed by atoms with Crippen LogP contribution < -0.4 is 15.2 Å². The molecule has 1 atom stereocenters. The highest BCUT2D eigenvalue weighted by atomic mass is 35.5.